The zero-order valence-electron chi connectivity index (χ0n) is 15.8. The van der Waals surface area contributed by atoms with Crippen molar-refractivity contribution in [2.75, 3.05) is 23.4 Å². The van der Waals surface area contributed by atoms with Crippen molar-refractivity contribution in [3.05, 3.63) is 53.6 Å². The van der Waals surface area contributed by atoms with Crippen molar-refractivity contribution in [2.24, 2.45) is 0 Å². The summed E-state index contributed by atoms with van der Waals surface area (Å²) in [5, 5.41) is 2.96. The number of ether oxygens (including phenoxy) is 1. The third-order valence-electron chi connectivity index (χ3n) is 4.15. The standard InChI is InChI=1S/C21H26N2O3/c1-5-17-9-7-8-15(3)21(17)22-20(25)14-23(16(4)24)18-10-12-19(13-11-18)26-6-2/h7-13H,5-6,14H2,1-4H3,(H,22,25). The molecule has 138 valence electrons. The van der Waals surface area contributed by atoms with Crippen molar-refractivity contribution in [2.45, 2.75) is 34.1 Å². The predicted molar refractivity (Wildman–Crippen MR) is 105 cm³/mol. The van der Waals surface area contributed by atoms with Crippen LogP contribution in [-0.4, -0.2) is 25.0 Å². The molecule has 26 heavy (non-hydrogen) atoms. The Balaban J connectivity index is 2.15. The molecule has 1 N–H and O–H groups in total. The largest absolute Gasteiger partial charge is 0.494 e. The summed E-state index contributed by atoms with van der Waals surface area (Å²) in [7, 11) is 0. The van der Waals surface area contributed by atoms with Gasteiger partial charge in [0.05, 0.1) is 6.61 Å². The summed E-state index contributed by atoms with van der Waals surface area (Å²) in [5.41, 5.74) is 3.58. The lowest BCUT2D eigenvalue weighted by molar-refractivity contribution is -0.120. The smallest absolute Gasteiger partial charge is 0.244 e. The topological polar surface area (TPSA) is 58.6 Å². The molecule has 0 radical (unpaired) electrons. The van der Waals surface area contributed by atoms with Crippen LogP contribution in [0.1, 0.15) is 31.9 Å². The second-order valence-corrected chi connectivity index (χ2v) is 6.04. The second-order valence-electron chi connectivity index (χ2n) is 6.04. The molecule has 0 bridgehead atoms. The molecule has 0 unspecified atom stereocenters. The van der Waals surface area contributed by atoms with Crippen LogP contribution in [0, 0.1) is 6.92 Å². The lowest BCUT2D eigenvalue weighted by Crippen LogP contribution is -2.36. The number of aryl methyl sites for hydroxylation is 2. The molecule has 0 aliphatic heterocycles. The van der Waals surface area contributed by atoms with E-state index in [0.717, 1.165) is 29.0 Å². The molecule has 0 aromatic heterocycles. The van der Waals surface area contributed by atoms with Crippen LogP contribution in [0.3, 0.4) is 0 Å². The van der Waals surface area contributed by atoms with Crippen molar-refractivity contribution >= 4 is 23.2 Å². The average Bonchev–Trinajstić information content (AvgIpc) is 2.62. The van der Waals surface area contributed by atoms with Crippen molar-refractivity contribution in [1.29, 1.82) is 0 Å². The van der Waals surface area contributed by atoms with Gasteiger partial charge in [-0.2, -0.15) is 0 Å². The van der Waals surface area contributed by atoms with Gasteiger partial charge in [-0.1, -0.05) is 25.1 Å². The molecule has 0 saturated heterocycles. The van der Waals surface area contributed by atoms with E-state index in [2.05, 4.69) is 5.32 Å². The SMILES string of the molecule is CCOc1ccc(N(CC(=O)Nc2c(C)cccc2CC)C(C)=O)cc1. The van der Waals surface area contributed by atoms with Gasteiger partial charge >= 0.3 is 0 Å². The first kappa shape index (κ1) is 19.5. The van der Waals surface area contributed by atoms with Gasteiger partial charge in [-0.25, -0.2) is 0 Å². The molecular formula is C21H26N2O3. The molecule has 0 saturated carbocycles. The third kappa shape index (κ3) is 4.85. The number of nitrogens with one attached hydrogen (secondary N) is 1. The minimum atomic E-state index is -0.224. The molecule has 2 aromatic carbocycles. The fraction of sp³-hybridized carbons (Fsp3) is 0.333. The average molecular weight is 354 g/mol. The number of anilines is 2. The molecule has 2 rings (SSSR count). The molecule has 5 nitrogen and oxygen atoms in total. The Morgan fingerprint density at radius 3 is 2.35 bits per heavy atom. The van der Waals surface area contributed by atoms with E-state index in [9.17, 15) is 9.59 Å². The highest BCUT2D eigenvalue weighted by Crippen LogP contribution is 2.22. The molecule has 0 heterocycles. The monoisotopic (exact) mass is 354 g/mol. The first-order chi connectivity index (χ1) is 12.5. The highest BCUT2D eigenvalue weighted by atomic mass is 16.5. The Labute approximate surface area is 155 Å². The molecule has 2 aromatic rings. The first-order valence-electron chi connectivity index (χ1n) is 8.85. The highest BCUT2D eigenvalue weighted by Gasteiger charge is 2.17. The molecule has 0 fully saturated rings. The number of carbonyl (C=O) groups excluding carboxylic acids is 2. The first-order valence-corrected chi connectivity index (χ1v) is 8.85. The van der Waals surface area contributed by atoms with E-state index in [4.69, 9.17) is 4.74 Å². The maximum Gasteiger partial charge on any atom is 0.244 e. The van der Waals surface area contributed by atoms with Crippen LogP contribution in [0.4, 0.5) is 11.4 Å². The third-order valence-corrected chi connectivity index (χ3v) is 4.15. The quantitative estimate of drug-likeness (QED) is 0.819. The van der Waals surface area contributed by atoms with Crippen LogP contribution in [0.5, 0.6) is 5.75 Å². The van der Waals surface area contributed by atoms with Gasteiger partial charge in [0.2, 0.25) is 11.8 Å². The maximum atomic E-state index is 12.6. The number of hydrogen-bond donors (Lipinski definition) is 1. The summed E-state index contributed by atoms with van der Waals surface area (Å²) in [6.07, 6.45) is 0.826. The normalized spacial score (nSPS) is 10.3. The van der Waals surface area contributed by atoms with Gasteiger partial charge in [-0.3, -0.25) is 9.59 Å². The molecule has 2 amide bonds. The van der Waals surface area contributed by atoms with Crippen LogP contribution in [0.25, 0.3) is 0 Å². The summed E-state index contributed by atoms with van der Waals surface area (Å²) in [6.45, 7) is 7.91. The minimum absolute atomic E-state index is 0.0409. The lowest BCUT2D eigenvalue weighted by atomic mass is 10.1. The number of hydrogen-bond acceptors (Lipinski definition) is 3. The number of para-hydroxylation sites is 1. The zero-order chi connectivity index (χ0) is 19.1. The van der Waals surface area contributed by atoms with E-state index < -0.39 is 0 Å². The van der Waals surface area contributed by atoms with E-state index in [1.54, 1.807) is 24.3 Å². The number of carbonyl (C=O) groups is 2. The summed E-state index contributed by atoms with van der Waals surface area (Å²) in [5.74, 6) is 0.319. The molecule has 0 atom stereocenters. The van der Waals surface area contributed by atoms with E-state index in [0.29, 0.717) is 12.3 Å². The predicted octanol–water partition coefficient (Wildman–Crippen LogP) is 3.95. The Morgan fingerprint density at radius 2 is 1.77 bits per heavy atom. The zero-order valence-corrected chi connectivity index (χ0v) is 15.8. The summed E-state index contributed by atoms with van der Waals surface area (Å²) in [4.78, 5) is 26.1. The molecule has 0 spiro atoms. The molecule has 0 aliphatic rings. The summed E-state index contributed by atoms with van der Waals surface area (Å²) < 4.78 is 5.42. The van der Waals surface area contributed by atoms with Crippen LogP contribution >= 0.6 is 0 Å². The van der Waals surface area contributed by atoms with Crippen LogP contribution in [0.15, 0.2) is 42.5 Å². The van der Waals surface area contributed by atoms with Crippen molar-refractivity contribution in [3.63, 3.8) is 0 Å². The summed E-state index contributed by atoms with van der Waals surface area (Å²) >= 11 is 0. The van der Waals surface area contributed by atoms with Gasteiger partial charge in [-0.15, -0.1) is 0 Å². The fourth-order valence-corrected chi connectivity index (χ4v) is 2.80. The van der Waals surface area contributed by atoms with E-state index in [1.165, 1.54) is 11.8 Å². The summed E-state index contributed by atoms with van der Waals surface area (Å²) in [6, 6.07) is 13.1. The molecular weight excluding hydrogens is 328 g/mol. The van der Waals surface area contributed by atoms with Crippen LogP contribution < -0.4 is 15.0 Å². The van der Waals surface area contributed by atoms with Gasteiger partial charge in [-0.05, 0) is 55.7 Å². The fourth-order valence-electron chi connectivity index (χ4n) is 2.80. The van der Waals surface area contributed by atoms with E-state index >= 15 is 0 Å². The van der Waals surface area contributed by atoms with E-state index in [-0.39, 0.29) is 18.4 Å². The van der Waals surface area contributed by atoms with Gasteiger partial charge in [0.25, 0.3) is 0 Å². The minimum Gasteiger partial charge on any atom is -0.494 e. The number of benzene rings is 2. The Kier molecular flexibility index (Phi) is 6.78. The van der Waals surface area contributed by atoms with Gasteiger partial charge in [0.1, 0.15) is 12.3 Å². The maximum absolute atomic E-state index is 12.6. The van der Waals surface area contributed by atoms with Crippen molar-refractivity contribution in [3.8, 4) is 5.75 Å². The molecule has 5 heteroatoms. The van der Waals surface area contributed by atoms with Crippen LogP contribution in [0.2, 0.25) is 0 Å². The van der Waals surface area contributed by atoms with Gasteiger partial charge < -0.3 is 15.0 Å². The number of amides is 2. The Morgan fingerprint density at radius 1 is 1.08 bits per heavy atom. The van der Waals surface area contributed by atoms with Gasteiger partial charge in [0.15, 0.2) is 0 Å². The Hall–Kier alpha value is -2.82. The number of rotatable bonds is 7. The number of nitrogens with zero attached hydrogens (tertiary/aromatic N) is 1. The molecule has 0 aliphatic carbocycles. The second kappa shape index (κ2) is 9.04. The Bertz CT molecular complexity index is 769. The van der Waals surface area contributed by atoms with Gasteiger partial charge in [0, 0.05) is 18.3 Å². The highest BCUT2D eigenvalue weighted by molar-refractivity contribution is 6.02. The van der Waals surface area contributed by atoms with Crippen molar-refractivity contribution < 1.29 is 14.3 Å². The lowest BCUT2D eigenvalue weighted by Gasteiger charge is -2.22. The van der Waals surface area contributed by atoms with Crippen LogP contribution in [-0.2, 0) is 16.0 Å². The van der Waals surface area contributed by atoms with Crippen molar-refractivity contribution in [1.82, 2.24) is 0 Å². The van der Waals surface area contributed by atoms with E-state index in [1.807, 2.05) is 39.0 Å².